The molecule has 2 aliphatic heterocycles. The maximum absolute atomic E-state index is 13.7. The van der Waals surface area contributed by atoms with Crippen LogP contribution in [0.15, 0.2) is 80.9 Å². The first kappa shape index (κ1) is 22.7. The molecule has 0 spiro atoms. The Balaban J connectivity index is 1.74. The van der Waals surface area contributed by atoms with E-state index in [0.29, 0.717) is 22.5 Å². The molecule has 3 heterocycles. The molecule has 1 aromatic heterocycles. The van der Waals surface area contributed by atoms with Gasteiger partial charge in [-0.05, 0) is 35.4 Å². The van der Waals surface area contributed by atoms with Crippen molar-refractivity contribution in [3.63, 3.8) is 0 Å². The fraction of sp³-hybridized carbons (Fsp3) is 0.385. The van der Waals surface area contributed by atoms with Gasteiger partial charge in [0.15, 0.2) is 24.3 Å². The summed E-state index contributed by atoms with van der Waals surface area (Å²) in [5, 5.41) is 24.0. The summed E-state index contributed by atoms with van der Waals surface area (Å²) in [6.45, 7) is 6.34. The van der Waals surface area contributed by atoms with Crippen LogP contribution in [0, 0.1) is 10.6 Å². The molecule has 176 valence electrons. The molecular weight excluding hydrogens is 448 g/mol. The van der Waals surface area contributed by atoms with E-state index in [4.69, 9.17) is 0 Å². The van der Waals surface area contributed by atoms with Crippen LogP contribution in [0.25, 0.3) is 11.1 Å². The van der Waals surface area contributed by atoms with Crippen molar-refractivity contribution in [2.45, 2.75) is 56.5 Å². The number of azo groups is 1. The normalized spacial score (nSPS) is 25.9. The highest BCUT2D eigenvalue weighted by molar-refractivity contribution is 7.84. The molecule has 0 saturated carbocycles. The molecule has 0 bridgehead atoms. The lowest BCUT2D eigenvalue weighted by molar-refractivity contribution is -0.607. The molecule has 1 N–H and O–H groups in total. The van der Waals surface area contributed by atoms with Crippen molar-refractivity contribution in [3.05, 3.63) is 76.5 Å². The molecule has 0 fully saturated rings. The Bertz CT molecular complexity index is 1330. The number of ketones is 1. The monoisotopic (exact) mass is 476 g/mol. The molecule has 7 nitrogen and oxygen atoms in total. The summed E-state index contributed by atoms with van der Waals surface area (Å²) in [5.74, 6) is 0.153. The van der Waals surface area contributed by atoms with Crippen LogP contribution in [-0.4, -0.2) is 22.4 Å². The number of carbonyl (C=O) groups is 1. The Morgan fingerprint density at radius 1 is 1.26 bits per heavy atom. The maximum atomic E-state index is 13.7. The molecule has 8 heteroatoms. The van der Waals surface area contributed by atoms with E-state index in [-0.39, 0.29) is 17.4 Å². The fourth-order valence-electron chi connectivity index (χ4n) is 5.77. The number of hydrogen-bond donors (Lipinski definition) is 1. The van der Waals surface area contributed by atoms with Gasteiger partial charge in [-0.3, -0.25) is 9.00 Å². The number of nitrogens with one attached hydrogen (secondary N) is 1. The second-order valence-corrected chi connectivity index (χ2v) is 11.4. The molecule has 5 rings (SSSR count). The van der Waals surface area contributed by atoms with Crippen molar-refractivity contribution < 1.29 is 13.7 Å². The predicted octanol–water partition coefficient (Wildman–Crippen LogP) is 4.29. The molecule has 0 saturated heterocycles. The van der Waals surface area contributed by atoms with Crippen molar-refractivity contribution in [3.8, 4) is 11.1 Å². The number of nitrogens with zero attached hydrogens (tertiary/aromatic N) is 3. The van der Waals surface area contributed by atoms with Crippen molar-refractivity contribution in [2.24, 2.45) is 15.6 Å². The Hall–Kier alpha value is -3.13. The van der Waals surface area contributed by atoms with E-state index in [1.165, 1.54) is 12.4 Å². The summed E-state index contributed by atoms with van der Waals surface area (Å²) in [7, 11) is -1.34. The van der Waals surface area contributed by atoms with Crippen LogP contribution in [0.4, 0.5) is 0 Å². The van der Waals surface area contributed by atoms with E-state index >= 15 is 0 Å². The topological polar surface area (TPSA) is 97.8 Å². The molecule has 1 unspecified atom stereocenters. The average Bonchev–Trinajstić information content (AvgIpc) is 3.25. The van der Waals surface area contributed by atoms with Gasteiger partial charge in [0, 0.05) is 41.1 Å². The molecule has 3 aliphatic rings. The minimum Gasteiger partial charge on any atom is -0.619 e. The smallest absolute Gasteiger partial charge is 0.197 e. The number of Topliss-reactive ketones (excluding diaryl/α,β-unsaturated/α-hetero) is 1. The Labute approximate surface area is 201 Å². The van der Waals surface area contributed by atoms with Gasteiger partial charge in [-0.2, -0.15) is 15.0 Å². The van der Waals surface area contributed by atoms with Gasteiger partial charge in [-0.1, -0.05) is 39.0 Å². The van der Waals surface area contributed by atoms with Crippen LogP contribution in [-0.2, 0) is 21.0 Å². The van der Waals surface area contributed by atoms with Crippen LogP contribution in [0.1, 0.15) is 45.6 Å². The second-order valence-electron chi connectivity index (χ2n) is 10.0. The highest BCUT2D eigenvalue weighted by Gasteiger charge is 2.53. The summed E-state index contributed by atoms with van der Waals surface area (Å²) in [5.41, 5.74) is 4.53. The second kappa shape index (κ2) is 7.98. The van der Waals surface area contributed by atoms with Crippen molar-refractivity contribution in [1.82, 2.24) is 5.32 Å². The molecular formula is C26H28N4O3S. The lowest BCUT2D eigenvalue weighted by Crippen LogP contribution is -2.51. The Kier molecular flexibility index (Phi) is 5.31. The fourth-order valence-corrected chi connectivity index (χ4v) is 6.52. The molecule has 1 aliphatic carbocycles. The average molecular weight is 477 g/mol. The van der Waals surface area contributed by atoms with Crippen molar-refractivity contribution in [1.29, 1.82) is 0 Å². The van der Waals surface area contributed by atoms with Crippen LogP contribution in [0.2, 0.25) is 0 Å². The number of fused-ring (bicyclic) bond motifs is 1. The lowest BCUT2D eigenvalue weighted by atomic mass is 9.58. The summed E-state index contributed by atoms with van der Waals surface area (Å²) in [6, 6.07) is 9.71. The van der Waals surface area contributed by atoms with Gasteiger partial charge in [0.2, 0.25) is 0 Å². The van der Waals surface area contributed by atoms with Gasteiger partial charge < -0.3 is 10.5 Å². The number of hydrogen-bond acceptors (Lipinski definition) is 6. The summed E-state index contributed by atoms with van der Waals surface area (Å²) in [6.07, 6.45) is 7.79. The van der Waals surface area contributed by atoms with Gasteiger partial charge >= 0.3 is 0 Å². The molecule has 34 heavy (non-hydrogen) atoms. The minimum atomic E-state index is -1.34. The van der Waals surface area contributed by atoms with Crippen LogP contribution >= 0.6 is 0 Å². The highest BCUT2D eigenvalue weighted by Crippen LogP contribution is 2.54. The third-order valence-electron chi connectivity index (χ3n) is 7.18. The van der Waals surface area contributed by atoms with Gasteiger partial charge in [0.1, 0.15) is 4.90 Å². The molecule has 1 aromatic carbocycles. The SMILES string of the molecule is CC[C@@]1(c2cccc(-c3cc[n+]([O-])cc3[S@@](C)=O)c2)C2=CN=NC2NC2=C1C(=O)CC(C)(C)C2. The number of carbonyl (C=O) groups excluding carboxylic acids is 1. The number of allylic oxidation sites excluding steroid dienone is 2. The van der Waals surface area contributed by atoms with E-state index in [1.807, 2.05) is 18.2 Å². The Morgan fingerprint density at radius 2 is 2.06 bits per heavy atom. The Morgan fingerprint density at radius 3 is 2.79 bits per heavy atom. The number of aromatic nitrogens is 1. The van der Waals surface area contributed by atoms with Gasteiger partial charge in [-0.25, -0.2) is 0 Å². The third kappa shape index (κ3) is 3.43. The molecule has 2 aromatic rings. The third-order valence-corrected chi connectivity index (χ3v) is 8.13. The minimum absolute atomic E-state index is 0.126. The van der Waals surface area contributed by atoms with Gasteiger partial charge in [0.05, 0.1) is 22.4 Å². The summed E-state index contributed by atoms with van der Waals surface area (Å²) >= 11 is 0. The number of pyridine rings is 1. The summed E-state index contributed by atoms with van der Waals surface area (Å²) < 4.78 is 13.1. The number of benzene rings is 1. The first-order valence-corrected chi connectivity index (χ1v) is 13.0. The molecule has 0 amide bonds. The first-order chi connectivity index (χ1) is 16.2. The maximum Gasteiger partial charge on any atom is 0.197 e. The van der Waals surface area contributed by atoms with E-state index < -0.39 is 16.2 Å². The highest BCUT2D eigenvalue weighted by atomic mass is 32.2. The van der Waals surface area contributed by atoms with E-state index in [2.05, 4.69) is 42.4 Å². The van der Waals surface area contributed by atoms with Crippen LogP contribution in [0.3, 0.4) is 0 Å². The predicted molar refractivity (Wildman–Crippen MR) is 130 cm³/mol. The summed E-state index contributed by atoms with van der Waals surface area (Å²) in [4.78, 5) is 14.1. The molecule has 0 radical (unpaired) electrons. The number of rotatable bonds is 4. The first-order valence-electron chi connectivity index (χ1n) is 11.5. The van der Waals surface area contributed by atoms with Crippen LogP contribution < -0.4 is 10.0 Å². The van der Waals surface area contributed by atoms with Crippen molar-refractivity contribution in [2.75, 3.05) is 6.26 Å². The standard InChI is InChI=1S/C26H28N4O3S/c1-5-26(17-8-6-7-16(11-17)18-9-10-30(32)15-22(18)34(4)33)19-14-27-29-24(19)28-20-12-25(2,3)13-21(31)23(20)26/h6-11,14-15,24,28H,5,12-13H2,1-4H3/t24?,26-,34-/m1/s1. The van der Waals surface area contributed by atoms with Gasteiger partial charge in [0.25, 0.3) is 0 Å². The van der Waals surface area contributed by atoms with E-state index in [0.717, 1.165) is 40.0 Å². The zero-order valence-corrected chi connectivity index (χ0v) is 20.6. The van der Waals surface area contributed by atoms with E-state index in [1.54, 1.807) is 18.5 Å². The molecule has 3 atom stereocenters. The zero-order valence-electron chi connectivity index (χ0n) is 19.8. The van der Waals surface area contributed by atoms with E-state index in [9.17, 15) is 14.2 Å². The lowest BCUT2D eigenvalue weighted by Gasteiger charge is -2.47. The largest absolute Gasteiger partial charge is 0.619 e. The quantitative estimate of drug-likeness (QED) is 0.526. The van der Waals surface area contributed by atoms with Gasteiger partial charge in [-0.15, -0.1) is 0 Å². The van der Waals surface area contributed by atoms with Crippen LogP contribution in [0.5, 0.6) is 0 Å². The zero-order chi connectivity index (χ0) is 24.3. The van der Waals surface area contributed by atoms with Crippen molar-refractivity contribution >= 4 is 16.6 Å².